The smallest absolute Gasteiger partial charge is 0.355 e. The van der Waals surface area contributed by atoms with Gasteiger partial charge in [0.15, 0.2) is 22.9 Å². The van der Waals surface area contributed by atoms with Gasteiger partial charge in [-0.1, -0.05) is 6.07 Å². The van der Waals surface area contributed by atoms with Crippen LogP contribution < -0.4 is 15.9 Å². The minimum Gasteiger partial charge on any atom is -0.461 e. The molecule has 1 N–H and O–H groups in total. The largest absolute Gasteiger partial charge is 0.461 e. The van der Waals surface area contributed by atoms with Gasteiger partial charge >= 0.3 is 5.97 Å². The molecule has 4 rings (SSSR count). The van der Waals surface area contributed by atoms with E-state index in [2.05, 4.69) is 10.4 Å². The van der Waals surface area contributed by atoms with Gasteiger partial charge < -0.3 is 9.30 Å². The molecule has 1 saturated carbocycles. The number of aromatic nitrogens is 2. The van der Waals surface area contributed by atoms with E-state index in [1.165, 1.54) is 10.8 Å². The summed E-state index contributed by atoms with van der Waals surface area (Å²) in [6, 6.07) is 5.47. The summed E-state index contributed by atoms with van der Waals surface area (Å²) in [5, 5.41) is 0.325. The van der Waals surface area contributed by atoms with Gasteiger partial charge in [-0.2, -0.15) is 0 Å². The molecule has 7 nitrogen and oxygen atoms in total. The van der Waals surface area contributed by atoms with Crippen LogP contribution in [0.1, 0.15) is 43.2 Å². The average molecular weight is 446 g/mol. The summed E-state index contributed by atoms with van der Waals surface area (Å²) < 4.78 is 52.4. The van der Waals surface area contributed by atoms with Crippen LogP contribution >= 0.6 is 0 Å². The van der Waals surface area contributed by atoms with E-state index in [0.29, 0.717) is 12.8 Å². The Labute approximate surface area is 181 Å². The number of rotatable bonds is 7. The van der Waals surface area contributed by atoms with Gasteiger partial charge in [0, 0.05) is 24.8 Å². The van der Waals surface area contributed by atoms with Crippen molar-refractivity contribution in [3.63, 3.8) is 0 Å². The zero-order valence-corrected chi connectivity index (χ0v) is 17.5. The van der Waals surface area contributed by atoms with Gasteiger partial charge in [-0.3, -0.25) is 15.2 Å². The molecular weight excluding hydrogens is 425 g/mol. The van der Waals surface area contributed by atoms with E-state index in [0.717, 1.165) is 11.1 Å². The molecule has 1 aliphatic carbocycles. The summed E-state index contributed by atoms with van der Waals surface area (Å²) in [5.41, 5.74) is 0.393. The summed E-state index contributed by atoms with van der Waals surface area (Å²) in [6.45, 7) is 3.29. The third-order valence-electron chi connectivity index (χ3n) is 5.18. The van der Waals surface area contributed by atoms with Crippen molar-refractivity contribution in [2.24, 2.45) is 0 Å². The van der Waals surface area contributed by atoms with Crippen molar-refractivity contribution in [2.45, 2.75) is 32.7 Å². The standard InChI is InChI=1S/C22H21F3N4O3/c1-3-28(27-15-7-5-6-10-26-15)21-18(24)17(23)16-14(30)11-13(22(31)32-4-2)29(12-8-9-12)20(16)19(21)25/h5-7,10-12H,3-4,8-9H2,1-2H3,(H,26,27). The van der Waals surface area contributed by atoms with Crippen LogP contribution in [0.3, 0.4) is 0 Å². The molecule has 0 unspecified atom stereocenters. The Morgan fingerprint density at radius 2 is 1.97 bits per heavy atom. The lowest BCUT2D eigenvalue weighted by Crippen LogP contribution is -2.33. The number of benzene rings is 1. The van der Waals surface area contributed by atoms with Gasteiger partial charge in [0.1, 0.15) is 17.2 Å². The van der Waals surface area contributed by atoms with Crippen molar-refractivity contribution in [1.29, 1.82) is 0 Å². The quantitative estimate of drug-likeness (QED) is 0.333. The Morgan fingerprint density at radius 3 is 2.56 bits per heavy atom. The normalized spacial score (nSPS) is 13.3. The fourth-order valence-corrected chi connectivity index (χ4v) is 3.64. The molecule has 0 radical (unpaired) electrons. The second kappa shape index (κ2) is 8.52. The van der Waals surface area contributed by atoms with Crippen LogP contribution in [0.15, 0.2) is 35.3 Å². The second-order valence-corrected chi connectivity index (χ2v) is 7.30. The van der Waals surface area contributed by atoms with Gasteiger partial charge in [-0.25, -0.2) is 22.9 Å². The van der Waals surface area contributed by atoms with Crippen LogP contribution in [0.25, 0.3) is 10.9 Å². The van der Waals surface area contributed by atoms with Crippen LogP contribution in [0.2, 0.25) is 0 Å². The van der Waals surface area contributed by atoms with Gasteiger partial charge in [0.2, 0.25) is 0 Å². The Morgan fingerprint density at radius 1 is 1.22 bits per heavy atom. The average Bonchev–Trinajstić information content (AvgIpc) is 3.62. The van der Waals surface area contributed by atoms with Crippen LogP contribution in [0.4, 0.5) is 24.7 Å². The summed E-state index contributed by atoms with van der Waals surface area (Å²) in [5.74, 6) is -4.69. The van der Waals surface area contributed by atoms with E-state index in [1.54, 1.807) is 32.0 Å². The number of esters is 1. The number of pyridine rings is 2. The number of halogens is 3. The number of nitrogens with zero attached hydrogens (tertiary/aromatic N) is 3. The lowest BCUT2D eigenvalue weighted by molar-refractivity contribution is 0.0513. The molecule has 1 aromatic carbocycles. The number of hydrogen-bond acceptors (Lipinski definition) is 6. The molecule has 10 heteroatoms. The predicted octanol–water partition coefficient (Wildman–Crippen LogP) is 4.18. The van der Waals surface area contributed by atoms with E-state index in [1.807, 2.05) is 0 Å². The molecule has 0 saturated heterocycles. The molecule has 32 heavy (non-hydrogen) atoms. The first-order valence-electron chi connectivity index (χ1n) is 10.3. The molecule has 0 spiro atoms. The maximum absolute atomic E-state index is 15.9. The molecule has 3 aromatic rings. The maximum Gasteiger partial charge on any atom is 0.355 e. The highest BCUT2D eigenvalue weighted by atomic mass is 19.2. The zero-order chi connectivity index (χ0) is 23.0. The number of anilines is 2. The second-order valence-electron chi connectivity index (χ2n) is 7.30. The van der Waals surface area contributed by atoms with E-state index in [4.69, 9.17) is 4.74 Å². The van der Waals surface area contributed by atoms with Crippen molar-refractivity contribution in [2.75, 3.05) is 23.6 Å². The Hall–Kier alpha value is -3.56. The number of carbonyl (C=O) groups is 1. The molecule has 0 aliphatic heterocycles. The predicted molar refractivity (Wildman–Crippen MR) is 113 cm³/mol. The fraction of sp³-hybridized carbons (Fsp3) is 0.318. The van der Waals surface area contributed by atoms with Crippen molar-refractivity contribution in [3.05, 3.63) is 63.8 Å². The monoisotopic (exact) mass is 446 g/mol. The van der Waals surface area contributed by atoms with Gasteiger partial charge in [-0.15, -0.1) is 0 Å². The lowest BCUT2D eigenvalue weighted by atomic mass is 10.1. The first-order valence-corrected chi connectivity index (χ1v) is 10.3. The first kappa shape index (κ1) is 21.7. The number of hydrogen-bond donors (Lipinski definition) is 1. The molecule has 2 heterocycles. The van der Waals surface area contributed by atoms with Crippen LogP contribution in [0, 0.1) is 17.5 Å². The maximum atomic E-state index is 15.9. The highest BCUT2D eigenvalue weighted by Crippen LogP contribution is 2.41. The number of fused-ring (bicyclic) bond motifs is 1. The molecule has 1 aliphatic rings. The van der Waals surface area contributed by atoms with Crippen LogP contribution in [0.5, 0.6) is 0 Å². The SMILES string of the molecule is CCOC(=O)c1cc(=O)c2c(F)c(F)c(N(CC)Nc3ccccn3)c(F)c2n1C1CC1. The van der Waals surface area contributed by atoms with Crippen molar-refractivity contribution < 1.29 is 22.7 Å². The number of hydrazine groups is 1. The van der Waals surface area contributed by atoms with Crippen molar-refractivity contribution in [3.8, 4) is 0 Å². The highest BCUT2D eigenvalue weighted by molar-refractivity contribution is 5.93. The summed E-state index contributed by atoms with van der Waals surface area (Å²) in [6.07, 6.45) is 2.68. The molecular formula is C22H21F3N4O3. The van der Waals surface area contributed by atoms with Gasteiger partial charge in [-0.05, 0) is 38.8 Å². The Kier molecular flexibility index (Phi) is 5.77. The minimum absolute atomic E-state index is 0.0405. The Bertz CT molecular complexity index is 1240. The van der Waals surface area contributed by atoms with Gasteiger partial charge in [0.05, 0.1) is 17.5 Å². The minimum atomic E-state index is -1.51. The zero-order valence-electron chi connectivity index (χ0n) is 17.5. The van der Waals surface area contributed by atoms with Crippen molar-refractivity contribution in [1.82, 2.24) is 9.55 Å². The highest BCUT2D eigenvalue weighted by Gasteiger charge is 2.35. The Balaban J connectivity index is 2.00. The van der Waals surface area contributed by atoms with E-state index >= 15 is 13.2 Å². The first-order chi connectivity index (χ1) is 15.4. The molecule has 0 bridgehead atoms. The molecule has 0 atom stereocenters. The fourth-order valence-electron chi connectivity index (χ4n) is 3.64. The number of nitrogens with one attached hydrogen (secondary N) is 1. The lowest BCUT2D eigenvalue weighted by Gasteiger charge is -2.27. The molecule has 2 aromatic heterocycles. The van der Waals surface area contributed by atoms with E-state index < -0.39 is 45.4 Å². The van der Waals surface area contributed by atoms with Gasteiger partial charge in [0.25, 0.3) is 0 Å². The molecule has 1 fully saturated rings. The third kappa shape index (κ3) is 3.65. The molecule has 0 amide bonds. The number of ether oxygens (including phenoxy) is 1. The molecule has 168 valence electrons. The summed E-state index contributed by atoms with van der Waals surface area (Å²) in [7, 11) is 0. The van der Waals surface area contributed by atoms with E-state index in [-0.39, 0.29) is 30.7 Å². The third-order valence-corrected chi connectivity index (χ3v) is 5.18. The van der Waals surface area contributed by atoms with E-state index in [9.17, 15) is 9.59 Å². The summed E-state index contributed by atoms with van der Waals surface area (Å²) >= 11 is 0. The van der Waals surface area contributed by atoms with Crippen molar-refractivity contribution >= 4 is 28.4 Å². The topological polar surface area (TPSA) is 76.5 Å². The van der Waals surface area contributed by atoms with Crippen LogP contribution in [-0.2, 0) is 4.74 Å². The van der Waals surface area contributed by atoms with Crippen LogP contribution in [-0.4, -0.2) is 28.7 Å². The summed E-state index contributed by atoms with van der Waals surface area (Å²) in [4.78, 5) is 29.2. The number of carbonyl (C=O) groups excluding carboxylic acids is 1.